The van der Waals surface area contributed by atoms with E-state index in [9.17, 15) is 13.5 Å². The summed E-state index contributed by atoms with van der Waals surface area (Å²) in [5.74, 6) is 0.985. The van der Waals surface area contributed by atoms with Crippen LogP contribution in [0.25, 0.3) is 0 Å². The van der Waals surface area contributed by atoms with E-state index in [4.69, 9.17) is 4.74 Å². The monoisotopic (exact) mass is 379 g/mol. The highest BCUT2D eigenvalue weighted by Gasteiger charge is 2.37. The minimum Gasteiger partial charge on any atom is -0.493 e. The van der Waals surface area contributed by atoms with Crippen LogP contribution in [0.3, 0.4) is 0 Å². The lowest BCUT2D eigenvalue weighted by Gasteiger charge is -2.38. The highest BCUT2D eigenvalue weighted by Crippen LogP contribution is 2.40. The number of sulfonamides is 1. The van der Waals surface area contributed by atoms with Gasteiger partial charge in [0, 0.05) is 6.42 Å². The molecule has 1 aromatic carbocycles. The highest BCUT2D eigenvalue weighted by molar-refractivity contribution is 7.91. The van der Waals surface area contributed by atoms with Crippen molar-refractivity contribution >= 4 is 21.4 Å². The molecule has 5 nitrogen and oxygen atoms in total. The zero-order valence-corrected chi connectivity index (χ0v) is 15.6. The van der Waals surface area contributed by atoms with Gasteiger partial charge in [0.05, 0.1) is 18.8 Å². The number of aryl methyl sites for hydroxylation is 1. The third-order valence-electron chi connectivity index (χ3n) is 4.95. The van der Waals surface area contributed by atoms with Crippen molar-refractivity contribution in [2.45, 2.75) is 42.5 Å². The molecule has 1 aromatic heterocycles. The van der Waals surface area contributed by atoms with Crippen molar-refractivity contribution in [3.05, 3.63) is 46.3 Å². The van der Waals surface area contributed by atoms with Crippen LogP contribution in [-0.4, -0.2) is 26.2 Å². The van der Waals surface area contributed by atoms with Crippen molar-refractivity contribution in [2.75, 3.05) is 6.61 Å². The Morgan fingerprint density at radius 2 is 2.12 bits per heavy atom. The van der Waals surface area contributed by atoms with E-state index in [0.717, 1.165) is 28.9 Å². The van der Waals surface area contributed by atoms with Crippen molar-refractivity contribution in [2.24, 2.45) is 5.92 Å². The Balaban J connectivity index is 1.65. The molecule has 1 saturated carbocycles. The number of nitrogens with one attached hydrogen (secondary N) is 1. The van der Waals surface area contributed by atoms with E-state index in [-0.39, 0.29) is 18.1 Å². The molecule has 1 aliphatic heterocycles. The van der Waals surface area contributed by atoms with Gasteiger partial charge in [0.25, 0.3) is 10.0 Å². The maximum Gasteiger partial charge on any atom is 0.250 e. The fourth-order valence-corrected chi connectivity index (χ4v) is 6.05. The lowest BCUT2D eigenvalue weighted by molar-refractivity contribution is 0.0280. The molecule has 0 bridgehead atoms. The summed E-state index contributed by atoms with van der Waals surface area (Å²) in [7, 11) is -3.58. The Morgan fingerprint density at radius 1 is 1.32 bits per heavy atom. The molecule has 1 atom stereocenters. The normalized spacial score (nSPS) is 23.6. The molecule has 2 aliphatic rings. The topological polar surface area (TPSA) is 75.6 Å². The van der Waals surface area contributed by atoms with Gasteiger partial charge in [0.2, 0.25) is 0 Å². The molecule has 134 valence electrons. The Morgan fingerprint density at radius 3 is 2.80 bits per heavy atom. The molecule has 25 heavy (non-hydrogen) atoms. The third kappa shape index (κ3) is 3.33. The third-order valence-corrected chi connectivity index (χ3v) is 7.95. The smallest absolute Gasteiger partial charge is 0.250 e. The first-order valence-electron chi connectivity index (χ1n) is 8.43. The number of rotatable bonds is 5. The molecule has 4 rings (SSSR count). The number of hydrogen-bond acceptors (Lipinski definition) is 5. The first-order valence-corrected chi connectivity index (χ1v) is 10.8. The van der Waals surface area contributed by atoms with Gasteiger partial charge in [-0.15, -0.1) is 11.3 Å². The Labute approximate surface area is 151 Å². The average molecular weight is 380 g/mol. The summed E-state index contributed by atoms with van der Waals surface area (Å²) in [4.78, 5) is 0. The summed E-state index contributed by atoms with van der Waals surface area (Å²) in [6.07, 6.45) is 1.74. The molecule has 1 aliphatic carbocycles. The molecule has 0 radical (unpaired) electrons. The SMILES string of the molecule is Cc1csc(S(=O)(=O)NC(c2ccc3c(c2)CCO3)C2CC(O)C2)c1. The van der Waals surface area contributed by atoms with Gasteiger partial charge in [-0.2, -0.15) is 0 Å². The second-order valence-corrected chi connectivity index (χ2v) is 9.75. The lowest BCUT2D eigenvalue weighted by atomic mass is 9.75. The summed E-state index contributed by atoms with van der Waals surface area (Å²) >= 11 is 1.23. The molecule has 2 aromatic rings. The molecule has 2 N–H and O–H groups in total. The molecule has 1 fully saturated rings. The van der Waals surface area contributed by atoms with Crippen LogP contribution in [0, 0.1) is 12.8 Å². The maximum atomic E-state index is 12.8. The lowest BCUT2D eigenvalue weighted by Crippen LogP contribution is -2.41. The van der Waals surface area contributed by atoms with Crippen LogP contribution in [0.15, 0.2) is 33.9 Å². The van der Waals surface area contributed by atoms with Gasteiger partial charge in [-0.1, -0.05) is 12.1 Å². The van der Waals surface area contributed by atoms with Crippen LogP contribution in [0.2, 0.25) is 0 Å². The second kappa shape index (κ2) is 6.39. The van der Waals surface area contributed by atoms with E-state index < -0.39 is 10.0 Å². The summed E-state index contributed by atoms with van der Waals surface area (Å²) in [5, 5.41) is 11.5. The predicted octanol–water partition coefficient (Wildman–Crippen LogP) is 2.78. The average Bonchev–Trinajstić information content (AvgIpc) is 3.18. The van der Waals surface area contributed by atoms with E-state index in [1.165, 1.54) is 11.3 Å². The van der Waals surface area contributed by atoms with Crippen molar-refractivity contribution in [1.82, 2.24) is 4.72 Å². The number of aliphatic hydroxyl groups excluding tert-OH is 1. The molecular weight excluding hydrogens is 358 g/mol. The van der Waals surface area contributed by atoms with Crippen molar-refractivity contribution in [1.29, 1.82) is 0 Å². The minimum absolute atomic E-state index is 0.103. The Bertz CT molecular complexity index is 884. The first kappa shape index (κ1) is 17.0. The van der Waals surface area contributed by atoms with Gasteiger partial charge in [0.1, 0.15) is 9.96 Å². The van der Waals surface area contributed by atoms with E-state index in [1.54, 1.807) is 6.07 Å². The van der Waals surface area contributed by atoms with Gasteiger partial charge in [-0.25, -0.2) is 13.1 Å². The largest absolute Gasteiger partial charge is 0.493 e. The van der Waals surface area contributed by atoms with Crippen LogP contribution >= 0.6 is 11.3 Å². The molecular formula is C18H21NO4S2. The quantitative estimate of drug-likeness (QED) is 0.838. The summed E-state index contributed by atoms with van der Waals surface area (Å²) in [5.41, 5.74) is 3.00. The fraction of sp³-hybridized carbons (Fsp3) is 0.444. The van der Waals surface area contributed by atoms with Crippen molar-refractivity contribution < 1.29 is 18.3 Å². The molecule has 0 saturated heterocycles. The number of thiophene rings is 1. The molecule has 1 unspecified atom stereocenters. The Kier molecular flexibility index (Phi) is 4.35. The molecule has 0 amide bonds. The zero-order valence-electron chi connectivity index (χ0n) is 13.9. The van der Waals surface area contributed by atoms with E-state index in [0.29, 0.717) is 23.7 Å². The summed E-state index contributed by atoms with van der Waals surface area (Å²) in [6, 6.07) is 7.25. The van der Waals surface area contributed by atoms with Gasteiger partial charge >= 0.3 is 0 Å². The van der Waals surface area contributed by atoms with Crippen LogP contribution < -0.4 is 9.46 Å². The van der Waals surface area contributed by atoms with Gasteiger partial charge in [0.15, 0.2) is 0 Å². The Hall–Kier alpha value is -1.41. The van der Waals surface area contributed by atoms with Crippen LogP contribution in [-0.2, 0) is 16.4 Å². The number of ether oxygens (including phenoxy) is 1. The van der Waals surface area contributed by atoms with Gasteiger partial charge in [-0.05, 0) is 59.9 Å². The van der Waals surface area contributed by atoms with Crippen molar-refractivity contribution in [3.8, 4) is 5.75 Å². The number of hydrogen-bond donors (Lipinski definition) is 2. The van der Waals surface area contributed by atoms with Crippen LogP contribution in [0.1, 0.15) is 35.6 Å². The zero-order chi connectivity index (χ0) is 17.6. The van der Waals surface area contributed by atoms with Gasteiger partial charge < -0.3 is 9.84 Å². The fourth-order valence-electron chi connectivity index (χ4n) is 3.51. The number of benzene rings is 1. The van der Waals surface area contributed by atoms with E-state index >= 15 is 0 Å². The first-order chi connectivity index (χ1) is 11.9. The standard InChI is InChI=1S/C18H21NO4S2/c1-11-6-17(24-10-11)25(21,22)19-18(14-8-15(20)9-14)13-2-3-16-12(7-13)4-5-23-16/h2-3,6-7,10,14-15,18-20H,4-5,8-9H2,1H3. The molecule has 0 spiro atoms. The summed E-state index contributed by atoms with van der Waals surface area (Å²) in [6.45, 7) is 2.56. The van der Waals surface area contributed by atoms with Gasteiger partial charge in [-0.3, -0.25) is 0 Å². The predicted molar refractivity (Wildman–Crippen MR) is 96.5 cm³/mol. The van der Waals surface area contributed by atoms with Crippen LogP contribution in [0.4, 0.5) is 0 Å². The minimum atomic E-state index is -3.58. The highest BCUT2D eigenvalue weighted by atomic mass is 32.2. The van der Waals surface area contributed by atoms with Crippen molar-refractivity contribution in [3.63, 3.8) is 0 Å². The van der Waals surface area contributed by atoms with Crippen LogP contribution in [0.5, 0.6) is 5.75 Å². The number of aliphatic hydroxyl groups is 1. The van der Waals surface area contributed by atoms with E-state index in [1.807, 2.05) is 30.5 Å². The number of fused-ring (bicyclic) bond motifs is 1. The second-order valence-electron chi connectivity index (χ2n) is 6.89. The molecule has 7 heteroatoms. The molecule has 2 heterocycles. The van der Waals surface area contributed by atoms with E-state index in [2.05, 4.69) is 4.72 Å². The maximum absolute atomic E-state index is 12.8. The summed E-state index contributed by atoms with van der Waals surface area (Å²) < 4.78 is 34.4.